The molecule has 2 heterocycles. The minimum Gasteiger partial charge on any atom is -0.457 e. The fourth-order valence-electron chi connectivity index (χ4n) is 3.60. The number of para-hydroxylation sites is 1. The molecule has 4 rings (SSSR count). The first-order valence-corrected chi connectivity index (χ1v) is 10.5. The molecule has 0 radical (unpaired) electrons. The monoisotopic (exact) mass is 421 g/mol. The van der Waals surface area contributed by atoms with Crippen LogP contribution in [0, 0.1) is 5.92 Å². The van der Waals surface area contributed by atoms with E-state index in [1.807, 2.05) is 66.7 Å². The molecule has 2 aromatic carbocycles. The second-order valence-corrected chi connectivity index (χ2v) is 7.81. The standard InChI is InChI=1S/C24H24ClN3O2/c25-20-9-10-23(26-17-20)28-13-11-19(12-14-28)24(29)27-16-18-5-4-8-22(15-18)30-21-6-2-1-3-7-21/h1-10,15,17,19H,11-14,16H2,(H,27,29). The largest absolute Gasteiger partial charge is 0.457 e. The summed E-state index contributed by atoms with van der Waals surface area (Å²) in [5.41, 5.74) is 1.01. The Kier molecular flexibility index (Phi) is 6.50. The van der Waals surface area contributed by atoms with Crippen molar-refractivity contribution in [2.24, 2.45) is 5.92 Å². The zero-order valence-electron chi connectivity index (χ0n) is 16.6. The number of hydrogen-bond donors (Lipinski definition) is 1. The molecule has 1 amide bonds. The summed E-state index contributed by atoms with van der Waals surface area (Å²) in [5.74, 6) is 2.59. The Morgan fingerprint density at radius 1 is 1.03 bits per heavy atom. The molecule has 1 aromatic heterocycles. The normalized spacial score (nSPS) is 14.4. The van der Waals surface area contributed by atoms with Gasteiger partial charge in [-0.1, -0.05) is 41.9 Å². The third-order valence-corrected chi connectivity index (χ3v) is 5.47. The Morgan fingerprint density at radius 3 is 2.53 bits per heavy atom. The first-order valence-electron chi connectivity index (χ1n) is 10.1. The summed E-state index contributed by atoms with van der Waals surface area (Å²) in [6.45, 7) is 2.12. The van der Waals surface area contributed by atoms with Crippen LogP contribution in [0.4, 0.5) is 5.82 Å². The molecule has 6 heteroatoms. The molecule has 1 aliphatic heterocycles. The van der Waals surface area contributed by atoms with Crippen molar-refractivity contribution in [1.29, 1.82) is 0 Å². The highest BCUT2D eigenvalue weighted by Gasteiger charge is 2.25. The van der Waals surface area contributed by atoms with Crippen LogP contribution in [0.15, 0.2) is 72.9 Å². The molecular weight excluding hydrogens is 398 g/mol. The van der Waals surface area contributed by atoms with Gasteiger partial charge in [-0.3, -0.25) is 4.79 Å². The Labute approximate surface area is 181 Å². The minimum atomic E-state index is 0.0253. The number of ether oxygens (including phenoxy) is 1. The van der Waals surface area contributed by atoms with E-state index in [0.29, 0.717) is 11.6 Å². The van der Waals surface area contributed by atoms with Gasteiger partial charge in [0.1, 0.15) is 17.3 Å². The number of carbonyl (C=O) groups is 1. The van der Waals surface area contributed by atoms with E-state index in [0.717, 1.165) is 48.8 Å². The van der Waals surface area contributed by atoms with Crippen molar-refractivity contribution >= 4 is 23.3 Å². The highest BCUT2D eigenvalue weighted by atomic mass is 35.5. The summed E-state index contributed by atoms with van der Waals surface area (Å²) < 4.78 is 5.87. The van der Waals surface area contributed by atoms with Gasteiger partial charge >= 0.3 is 0 Å². The molecule has 0 saturated carbocycles. The van der Waals surface area contributed by atoms with Gasteiger partial charge in [0, 0.05) is 31.7 Å². The first kappa shape index (κ1) is 20.2. The number of benzene rings is 2. The zero-order valence-corrected chi connectivity index (χ0v) is 17.4. The van der Waals surface area contributed by atoms with Crippen molar-refractivity contribution in [1.82, 2.24) is 10.3 Å². The fraction of sp³-hybridized carbons (Fsp3) is 0.250. The third kappa shape index (κ3) is 5.30. The zero-order chi connectivity index (χ0) is 20.8. The van der Waals surface area contributed by atoms with Crippen LogP contribution in [0.5, 0.6) is 11.5 Å². The van der Waals surface area contributed by atoms with Gasteiger partial charge in [-0.15, -0.1) is 0 Å². The van der Waals surface area contributed by atoms with E-state index in [2.05, 4.69) is 15.2 Å². The minimum absolute atomic E-state index is 0.0253. The molecule has 0 unspecified atom stereocenters. The second kappa shape index (κ2) is 9.63. The molecule has 30 heavy (non-hydrogen) atoms. The summed E-state index contributed by atoms with van der Waals surface area (Å²) in [4.78, 5) is 19.2. The van der Waals surface area contributed by atoms with Crippen molar-refractivity contribution in [3.05, 3.63) is 83.5 Å². The number of aromatic nitrogens is 1. The lowest BCUT2D eigenvalue weighted by Crippen LogP contribution is -2.40. The second-order valence-electron chi connectivity index (χ2n) is 7.38. The van der Waals surface area contributed by atoms with Crippen LogP contribution in [0.3, 0.4) is 0 Å². The lowest BCUT2D eigenvalue weighted by molar-refractivity contribution is -0.125. The summed E-state index contributed by atoms with van der Waals surface area (Å²) in [6.07, 6.45) is 3.28. The lowest BCUT2D eigenvalue weighted by atomic mass is 9.96. The highest BCUT2D eigenvalue weighted by molar-refractivity contribution is 6.30. The molecular formula is C24H24ClN3O2. The van der Waals surface area contributed by atoms with Gasteiger partial charge in [-0.25, -0.2) is 4.98 Å². The van der Waals surface area contributed by atoms with Gasteiger partial charge in [-0.2, -0.15) is 0 Å². The van der Waals surface area contributed by atoms with Crippen molar-refractivity contribution in [3.63, 3.8) is 0 Å². The maximum absolute atomic E-state index is 12.6. The van der Waals surface area contributed by atoms with Crippen LogP contribution in [0.25, 0.3) is 0 Å². The van der Waals surface area contributed by atoms with E-state index in [1.54, 1.807) is 6.20 Å². The van der Waals surface area contributed by atoms with Crippen molar-refractivity contribution in [2.45, 2.75) is 19.4 Å². The lowest BCUT2D eigenvalue weighted by Gasteiger charge is -2.32. The fourth-order valence-corrected chi connectivity index (χ4v) is 3.71. The molecule has 1 fully saturated rings. The number of halogens is 1. The number of rotatable bonds is 6. The molecule has 154 valence electrons. The number of nitrogens with one attached hydrogen (secondary N) is 1. The van der Waals surface area contributed by atoms with Crippen molar-refractivity contribution in [3.8, 4) is 11.5 Å². The van der Waals surface area contributed by atoms with Crippen LogP contribution in [0.1, 0.15) is 18.4 Å². The number of carbonyl (C=O) groups excluding carboxylic acids is 1. The van der Waals surface area contributed by atoms with Crippen molar-refractivity contribution in [2.75, 3.05) is 18.0 Å². The molecule has 3 aromatic rings. The van der Waals surface area contributed by atoms with E-state index in [1.165, 1.54) is 0 Å². The van der Waals surface area contributed by atoms with E-state index < -0.39 is 0 Å². The predicted molar refractivity (Wildman–Crippen MR) is 119 cm³/mol. The molecule has 5 nitrogen and oxygen atoms in total. The van der Waals surface area contributed by atoms with Gasteiger partial charge in [0.15, 0.2) is 0 Å². The number of hydrogen-bond acceptors (Lipinski definition) is 4. The summed E-state index contributed by atoms with van der Waals surface area (Å²) in [7, 11) is 0. The number of piperidine rings is 1. The molecule has 1 N–H and O–H groups in total. The van der Waals surface area contributed by atoms with Gasteiger partial charge in [0.05, 0.1) is 5.02 Å². The van der Waals surface area contributed by atoms with Crippen LogP contribution < -0.4 is 15.0 Å². The Hall–Kier alpha value is -3.05. The number of anilines is 1. The van der Waals surface area contributed by atoms with E-state index in [4.69, 9.17) is 16.3 Å². The Balaban J connectivity index is 1.27. The van der Waals surface area contributed by atoms with Crippen molar-refractivity contribution < 1.29 is 9.53 Å². The molecule has 0 spiro atoms. The number of nitrogens with zero attached hydrogens (tertiary/aromatic N) is 2. The van der Waals surface area contributed by atoms with Crippen LogP contribution >= 0.6 is 11.6 Å². The third-order valence-electron chi connectivity index (χ3n) is 5.25. The van der Waals surface area contributed by atoms with Gasteiger partial charge in [0.2, 0.25) is 5.91 Å². The van der Waals surface area contributed by atoms with E-state index in [-0.39, 0.29) is 11.8 Å². The average Bonchev–Trinajstić information content (AvgIpc) is 2.79. The van der Waals surface area contributed by atoms with Gasteiger partial charge in [-0.05, 0) is 54.8 Å². The topological polar surface area (TPSA) is 54.5 Å². The summed E-state index contributed by atoms with van der Waals surface area (Å²) >= 11 is 5.91. The van der Waals surface area contributed by atoms with Gasteiger partial charge in [0.25, 0.3) is 0 Å². The summed E-state index contributed by atoms with van der Waals surface area (Å²) in [5, 5.41) is 3.71. The summed E-state index contributed by atoms with van der Waals surface area (Å²) in [6, 6.07) is 21.2. The Bertz CT molecular complexity index is 971. The Morgan fingerprint density at radius 2 is 1.80 bits per heavy atom. The SMILES string of the molecule is O=C(NCc1cccc(Oc2ccccc2)c1)C1CCN(c2ccc(Cl)cn2)CC1. The van der Waals surface area contributed by atoms with Crippen LogP contribution in [-0.4, -0.2) is 24.0 Å². The smallest absolute Gasteiger partial charge is 0.223 e. The molecule has 1 aliphatic rings. The highest BCUT2D eigenvalue weighted by Crippen LogP contribution is 2.24. The maximum atomic E-state index is 12.6. The van der Waals surface area contributed by atoms with Crippen LogP contribution in [0.2, 0.25) is 5.02 Å². The number of amides is 1. The van der Waals surface area contributed by atoms with Gasteiger partial charge < -0.3 is 15.0 Å². The predicted octanol–water partition coefficient (Wildman–Crippen LogP) is 5.06. The first-order chi connectivity index (χ1) is 14.7. The van der Waals surface area contributed by atoms with E-state index >= 15 is 0 Å². The molecule has 1 saturated heterocycles. The molecule has 0 bridgehead atoms. The maximum Gasteiger partial charge on any atom is 0.223 e. The van der Waals surface area contributed by atoms with E-state index in [9.17, 15) is 4.79 Å². The average molecular weight is 422 g/mol. The quantitative estimate of drug-likeness (QED) is 0.604. The number of pyridine rings is 1. The molecule has 0 atom stereocenters. The van der Waals surface area contributed by atoms with Crippen LogP contribution in [-0.2, 0) is 11.3 Å². The molecule has 0 aliphatic carbocycles.